The zero-order valence-corrected chi connectivity index (χ0v) is 15.7. The van der Waals surface area contributed by atoms with E-state index in [4.69, 9.17) is 9.63 Å². The number of nitrogens with zero attached hydrogens (tertiary/aromatic N) is 3. The topological polar surface area (TPSA) is 121 Å². The first-order valence-electron chi connectivity index (χ1n) is 8.27. The number of carboxylic acids is 1. The molecular weight excluding hydrogens is 374 g/mol. The normalized spacial score (nSPS) is 15.7. The van der Waals surface area contributed by atoms with Crippen LogP contribution in [0.1, 0.15) is 32.2 Å². The predicted molar refractivity (Wildman–Crippen MR) is 94.0 cm³/mol. The summed E-state index contributed by atoms with van der Waals surface area (Å²) in [6.45, 7) is 4.14. The lowest BCUT2D eigenvalue weighted by molar-refractivity contribution is 0.0688. The zero-order chi connectivity index (χ0) is 19.8. The van der Waals surface area contributed by atoms with E-state index in [0.717, 1.165) is 0 Å². The minimum atomic E-state index is -3.75. The van der Waals surface area contributed by atoms with Gasteiger partial charge in [-0.2, -0.15) is 4.31 Å². The predicted octanol–water partition coefficient (Wildman–Crippen LogP) is 1.14. The number of hydrogen-bond acceptors (Lipinski definition) is 6. The number of sulfonamides is 1. The summed E-state index contributed by atoms with van der Waals surface area (Å²) in [5, 5.41) is 12.7. The standard InChI is InChI=1S/C17H19N3O6S/c1-11-15(12(2)26-18-11)16(21)19-7-9-20(10-8-19)27(24,25)14-5-3-13(4-6-14)17(22)23/h3-6H,7-10H2,1-2H3,(H,22,23). The van der Waals surface area contributed by atoms with Crippen LogP contribution in [0.4, 0.5) is 0 Å². The molecule has 0 atom stereocenters. The minimum absolute atomic E-state index is 0.0174. The molecule has 0 saturated carbocycles. The Balaban J connectivity index is 1.71. The Labute approximate surface area is 156 Å². The molecule has 1 fully saturated rings. The first kappa shape index (κ1) is 19.1. The van der Waals surface area contributed by atoms with Crippen LogP contribution in [0, 0.1) is 13.8 Å². The highest BCUT2D eigenvalue weighted by atomic mass is 32.2. The van der Waals surface area contributed by atoms with Crippen molar-refractivity contribution in [1.82, 2.24) is 14.4 Å². The van der Waals surface area contributed by atoms with E-state index in [1.807, 2.05) is 0 Å². The molecule has 3 rings (SSSR count). The Morgan fingerprint density at radius 3 is 2.15 bits per heavy atom. The van der Waals surface area contributed by atoms with Gasteiger partial charge in [0.15, 0.2) is 0 Å². The Morgan fingerprint density at radius 1 is 1.07 bits per heavy atom. The lowest BCUT2D eigenvalue weighted by Crippen LogP contribution is -2.50. The zero-order valence-electron chi connectivity index (χ0n) is 14.9. The maximum Gasteiger partial charge on any atom is 0.335 e. The molecule has 2 heterocycles. The molecule has 2 aromatic rings. The number of rotatable bonds is 4. The van der Waals surface area contributed by atoms with Crippen LogP contribution in [0.2, 0.25) is 0 Å². The number of carbonyl (C=O) groups excluding carboxylic acids is 1. The monoisotopic (exact) mass is 393 g/mol. The molecule has 1 aliphatic rings. The molecule has 10 heteroatoms. The van der Waals surface area contributed by atoms with Gasteiger partial charge in [0.25, 0.3) is 5.91 Å². The van der Waals surface area contributed by atoms with Gasteiger partial charge in [-0.25, -0.2) is 13.2 Å². The second-order valence-corrected chi connectivity index (χ2v) is 8.16. The number of aromatic nitrogens is 1. The van der Waals surface area contributed by atoms with Crippen LogP contribution in [0.15, 0.2) is 33.7 Å². The van der Waals surface area contributed by atoms with Gasteiger partial charge in [-0.1, -0.05) is 5.16 Å². The summed E-state index contributed by atoms with van der Waals surface area (Å²) < 4.78 is 31.8. The van der Waals surface area contributed by atoms with Crippen LogP contribution in [0.25, 0.3) is 0 Å². The van der Waals surface area contributed by atoms with Crippen molar-refractivity contribution in [1.29, 1.82) is 0 Å². The smallest absolute Gasteiger partial charge is 0.335 e. The quantitative estimate of drug-likeness (QED) is 0.826. The van der Waals surface area contributed by atoms with Crippen molar-refractivity contribution in [3.05, 3.63) is 46.8 Å². The number of amides is 1. The van der Waals surface area contributed by atoms with Gasteiger partial charge in [-0.05, 0) is 38.1 Å². The fourth-order valence-corrected chi connectivity index (χ4v) is 4.42. The summed E-state index contributed by atoms with van der Waals surface area (Å²) in [6.07, 6.45) is 0. The SMILES string of the molecule is Cc1noc(C)c1C(=O)N1CCN(S(=O)(=O)c2ccc(C(=O)O)cc2)CC1. The summed E-state index contributed by atoms with van der Waals surface area (Å²) in [4.78, 5) is 25.1. The highest BCUT2D eigenvalue weighted by Crippen LogP contribution is 2.21. The van der Waals surface area contributed by atoms with Crippen molar-refractivity contribution in [2.75, 3.05) is 26.2 Å². The number of piperazine rings is 1. The third-order valence-corrected chi connectivity index (χ3v) is 6.42. The first-order valence-corrected chi connectivity index (χ1v) is 9.71. The molecule has 9 nitrogen and oxygen atoms in total. The number of aromatic carboxylic acids is 1. The van der Waals surface area contributed by atoms with E-state index in [1.54, 1.807) is 18.7 Å². The Kier molecular flexibility index (Phi) is 5.03. The van der Waals surface area contributed by atoms with Gasteiger partial charge >= 0.3 is 5.97 Å². The van der Waals surface area contributed by atoms with Crippen LogP contribution < -0.4 is 0 Å². The van der Waals surface area contributed by atoms with Gasteiger partial charge in [-0.3, -0.25) is 4.79 Å². The molecule has 1 aromatic heterocycles. The number of aryl methyl sites for hydroxylation is 2. The average Bonchev–Trinajstić information content (AvgIpc) is 2.99. The third kappa shape index (κ3) is 3.58. The van der Waals surface area contributed by atoms with E-state index >= 15 is 0 Å². The molecule has 0 radical (unpaired) electrons. The fourth-order valence-electron chi connectivity index (χ4n) is 3.00. The number of carboxylic acid groups (broad SMARTS) is 1. The van der Waals surface area contributed by atoms with E-state index in [-0.39, 0.29) is 42.5 Å². The molecule has 1 saturated heterocycles. The van der Waals surface area contributed by atoms with Gasteiger partial charge in [0.1, 0.15) is 11.3 Å². The van der Waals surface area contributed by atoms with E-state index < -0.39 is 16.0 Å². The van der Waals surface area contributed by atoms with Crippen molar-refractivity contribution in [3.8, 4) is 0 Å². The van der Waals surface area contributed by atoms with Crippen molar-refractivity contribution < 1.29 is 27.6 Å². The average molecular weight is 393 g/mol. The van der Waals surface area contributed by atoms with Crippen molar-refractivity contribution in [2.45, 2.75) is 18.7 Å². The van der Waals surface area contributed by atoms with Gasteiger partial charge in [-0.15, -0.1) is 0 Å². The molecule has 1 aliphatic heterocycles. The van der Waals surface area contributed by atoms with Crippen LogP contribution in [-0.2, 0) is 10.0 Å². The first-order chi connectivity index (χ1) is 12.7. The van der Waals surface area contributed by atoms with Crippen molar-refractivity contribution in [3.63, 3.8) is 0 Å². The van der Waals surface area contributed by atoms with Crippen molar-refractivity contribution >= 4 is 21.9 Å². The second kappa shape index (κ2) is 7.12. The summed E-state index contributed by atoms with van der Waals surface area (Å²) in [6, 6.07) is 5.07. The van der Waals surface area contributed by atoms with Gasteiger partial charge in [0, 0.05) is 26.2 Å². The minimum Gasteiger partial charge on any atom is -0.478 e. The largest absolute Gasteiger partial charge is 0.478 e. The molecule has 0 aliphatic carbocycles. The van der Waals surface area contributed by atoms with E-state index in [1.165, 1.54) is 28.6 Å². The van der Waals surface area contributed by atoms with Gasteiger partial charge in [0.2, 0.25) is 10.0 Å². The van der Waals surface area contributed by atoms with Crippen molar-refractivity contribution in [2.24, 2.45) is 0 Å². The maximum absolute atomic E-state index is 12.7. The molecule has 1 aromatic carbocycles. The van der Waals surface area contributed by atoms with Gasteiger partial charge < -0.3 is 14.5 Å². The summed E-state index contributed by atoms with van der Waals surface area (Å²) in [5.74, 6) is -0.912. The summed E-state index contributed by atoms with van der Waals surface area (Å²) in [5.41, 5.74) is 0.936. The molecule has 0 bridgehead atoms. The lowest BCUT2D eigenvalue weighted by Gasteiger charge is -2.34. The highest BCUT2D eigenvalue weighted by Gasteiger charge is 2.32. The summed E-state index contributed by atoms with van der Waals surface area (Å²) in [7, 11) is -3.75. The molecule has 1 N–H and O–H groups in total. The van der Waals surface area contributed by atoms with E-state index in [0.29, 0.717) is 17.0 Å². The van der Waals surface area contributed by atoms with Crippen LogP contribution in [-0.4, -0.2) is 65.9 Å². The van der Waals surface area contributed by atoms with Gasteiger partial charge in [0.05, 0.1) is 16.2 Å². The number of carbonyl (C=O) groups is 2. The number of hydrogen-bond donors (Lipinski definition) is 1. The third-order valence-electron chi connectivity index (χ3n) is 4.51. The molecule has 144 valence electrons. The summed E-state index contributed by atoms with van der Waals surface area (Å²) >= 11 is 0. The van der Waals surface area contributed by atoms with Crippen LogP contribution >= 0.6 is 0 Å². The lowest BCUT2D eigenvalue weighted by atomic mass is 10.1. The Morgan fingerprint density at radius 2 is 1.67 bits per heavy atom. The molecular formula is C17H19N3O6S. The maximum atomic E-state index is 12.7. The second-order valence-electron chi connectivity index (χ2n) is 6.22. The molecule has 0 unspecified atom stereocenters. The van der Waals surface area contributed by atoms with Crippen LogP contribution in [0.5, 0.6) is 0 Å². The highest BCUT2D eigenvalue weighted by molar-refractivity contribution is 7.89. The Bertz CT molecular complexity index is 953. The number of benzene rings is 1. The molecule has 1 amide bonds. The molecule has 27 heavy (non-hydrogen) atoms. The molecule has 0 spiro atoms. The Hall–Kier alpha value is -2.72. The van der Waals surface area contributed by atoms with E-state index in [2.05, 4.69) is 5.16 Å². The fraction of sp³-hybridized carbons (Fsp3) is 0.353. The van der Waals surface area contributed by atoms with E-state index in [9.17, 15) is 18.0 Å². The van der Waals surface area contributed by atoms with Crippen LogP contribution in [0.3, 0.4) is 0 Å².